The number of nitrogens with two attached hydrogens (primary N) is 2. The summed E-state index contributed by atoms with van der Waals surface area (Å²) in [6, 6.07) is 7.32. The minimum atomic E-state index is 0.437. The lowest BCUT2D eigenvalue weighted by atomic mass is 10.1. The predicted octanol–water partition coefficient (Wildman–Crippen LogP) is 2.92. The van der Waals surface area contributed by atoms with Gasteiger partial charge in [0.1, 0.15) is 0 Å². The van der Waals surface area contributed by atoms with Gasteiger partial charge in [-0.1, -0.05) is 26.0 Å². The van der Waals surface area contributed by atoms with Crippen LogP contribution < -0.4 is 11.5 Å². The molecule has 0 saturated heterocycles. The van der Waals surface area contributed by atoms with Crippen LogP contribution in [0.15, 0.2) is 36.0 Å². The van der Waals surface area contributed by atoms with Gasteiger partial charge in [-0.05, 0) is 37.0 Å². The third kappa shape index (κ3) is 3.94. The second kappa shape index (κ2) is 6.09. The summed E-state index contributed by atoms with van der Waals surface area (Å²) in [5.74, 6) is 0.506. The van der Waals surface area contributed by atoms with Crippen LogP contribution in [0.25, 0.3) is 0 Å². The SMILES string of the molecule is CC.N=C(/C=C(\N)C1CC1)c1cccc(N)c1. The zero-order valence-electron chi connectivity index (χ0n) is 10.5. The van der Waals surface area contributed by atoms with Gasteiger partial charge in [0.05, 0.1) is 5.71 Å². The molecule has 1 saturated carbocycles. The van der Waals surface area contributed by atoms with Gasteiger partial charge in [-0.2, -0.15) is 0 Å². The zero-order chi connectivity index (χ0) is 12.8. The van der Waals surface area contributed by atoms with E-state index in [9.17, 15) is 0 Å². The monoisotopic (exact) mass is 231 g/mol. The van der Waals surface area contributed by atoms with Crippen molar-refractivity contribution >= 4 is 11.4 Å². The number of hydrogen-bond acceptors (Lipinski definition) is 3. The molecule has 0 unspecified atom stereocenters. The molecule has 0 aliphatic heterocycles. The molecule has 2 rings (SSSR count). The molecule has 0 heterocycles. The maximum Gasteiger partial charge on any atom is 0.0630 e. The largest absolute Gasteiger partial charge is 0.402 e. The van der Waals surface area contributed by atoms with E-state index >= 15 is 0 Å². The lowest BCUT2D eigenvalue weighted by Crippen LogP contribution is -2.04. The van der Waals surface area contributed by atoms with Crippen molar-refractivity contribution in [2.24, 2.45) is 11.7 Å². The number of anilines is 1. The van der Waals surface area contributed by atoms with E-state index in [1.165, 1.54) is 0 Å². The van der Waals surface area contributed by atoms with Crippen LogP contribution in [0.2, 0.25) is 0 Å². The van der Waals surface area contributed by atoms with Gasteiger partial charge in [-0.25, -0.2) is 0 Å². The summed E-state index contributed by atoms with van der Waals surface area (Å²) in [5.41, 5.74) is 14.2. The Morgan fingerprint density at radius 3 is 2.53 bits per heavy atom. The van der Waals surface area contributed by atoms with Crippen LogP contribution >= 0.6 is 0 Å². The Bertz CT molecular complexity index is 417. The number of allylic oxidation sites excluding steroid dienone is 2. The average molecular weight is 231 g/mol. The fraction of sp³-hybridized carbons (Fsp3) is 0.357. The van der Waals surface area contributed by atoms with Crippen molar-refractivity contribution in [1.29, 1.82) is 5.41 Å². The van der Waals surface area contributed by atoms with Gasteiger partial charge < -0.3 is 16.9 Å². The maximum atomic E-state index is 7.87. The van der Waals surface area contributed by atoms with Crippen molar-refractivity contribution in [3.05, 3.63) is 41.6 Å². The van der Waals surface area contributed by atoms with Gasteiger partial charge in [-0.3, -0.25) is 0 Å². The highest BCUT2D eigenvalue weighted by Gasteiger charge is 2.24. The Hall–Kier alpha value is -1.77. The molecule has 1 aliphatic carbocycles. The highest BCUT2D eigenvalue weighted by molar-refractivity contribution is 6.07. The second-order valence-electron chi connectivity index (χ2n) is 3.96. The molecule has 3 heteroatoms. The summed E-state index contributed by atoms with van der Waals surface area (Å²) in [6.45, 7) is 4.00. The molecule has 0 amide bonds. The molecule has 0 aromatic heterocycles. The second-order valence-corrected chi connectivity index (χ2v) is 3.96. The van der Waals surface area contributed by atoms with Crippen LogP contribution in [0.5, 0.6) is 0 Å². The molecule has 1 fully saturated rings. The molecule has 0 bridgehead atoms. The Morgan fingerprint density at radius 2 is 2.00 bits per heavy atom. The van der Waals surface area contributed by atoms with Crippen LogP contribution in [-0.2, 0) is 0 Å². The first-order valence-electron chi connectivity index (χ1n) is 6.08. The van der Waals surface area contributed by atoms with Gasteiger partial charge in [0.25, 0.3) is 0 Å². The molecule has 1 aromatic rings. The molecule has 3 nitrogen and oxygen atoms in total. The highest BCUT2D eigenvalue weighted by Crippen LogP contribution is 2.33. The molecule has 92 valence electrons. The summed E-state index contributed by atoms with van der Waals surface area (Å²) in [7, 11) is 0. The van der Waals surface area contributed by atoms with Crippen LogP contribution in [0.1, 0.15) is 32.3 Å². The van der Waals surface area contributed by atoms with E-state index in [2.05, 4.69) is 0 Å². The predicted molar refractivity (Wildman–Crippen MR) is 74.0 cm³/mol. The molecule has 0 atom stereocenters. The summed E-state index contributed by atoms with van der Waals surface area (Å²) >= 11 is 0. The molecule has 1 aromatic carbocycles. The third-order valence-corrected chi connectivity index (χ3v) is 2.56. The first-order chi connectivity index (χ1) is 8.16. The Kier molecular flexibility index (Phi) is 4.76. The Balaban J connectivity index is 0.000000686. The number of rotatable bonds is 3. The fourth-order valence-electron chi connectivity index (χ4n) is 1.49. The van der Waals surface area contributed by atoms with Crippen LogP contribution in [0.4, 0.5) is 5.69 Å². The Morgan fingerprint density at radius 1 is 1.35 bits per heavy atom. The normalized spacial score (nSPS) is 14.8. The lowest BCUT2D eigenvalue weighted by molar-refractivity contribution is 0.983. The molecule has 1 aliphatic rings. The lowest BCUT2D eigenvalue weighted by Gasteiger charge is -2.02. The van der Waals surface area contributed by atoms with Crippen molar-refractivity contribution < 1.29 is 0 Å². The topological polar surface area (TPSA) is 75.9 Å². The van der Waals surface area contributed by atoms with Crippen LogP contribution in [0, 0.1) is 11.3 Å². The number of nitrogens with one attached hydrogen (secondary N) is 1. The van der Waals surface area contributed by atoms with E-state index in [0.717, 1.165) is 24.1 Å². The van der Waals surface area contributed by atoms with Crippen molar-refractivity contribution in [3.63, 3.8) is 0 Å². The summed E-state index contributed by atoms with van der Waals surface area (Å²) in [5, 5.41) is 7.87. The van der Waals surface area contributed by atoms with Gasteiger partial charge in [-0.15, -0.1) is 0 Å². The maximum absolute atomic E-state index is 7.87. The summed E-state index contributed by atoms with van der Waals surface area (Å²) < 4.78 is 0. The molecular formula is C14H21N3. The Labute approximate surface area is 103 Å². The van der Waals surface area contributed by atoms with Crippen molar-refractivity contribution in [2.75, 3.05) is 5.73 Å². The van der Waals surface area contributed by atoms with E-state index in [4.69, 9.17) is 16.9 Å². The van der Waals surface area contributed by atoms with Crippen molar-refractivity contribution in [1.82, 2.24) is 0 Å². The van der Waals surface area contributed by atoms with E-state index in [1.54, 1.807) is 12.1 Å². The zero-order valence-corrected chi connectivity index (χ0v) is 10.5. The van der Waals surface area contributed by atoms with Gasteiger partial charge >= 0.3 is 0 Å². The van der Waals surface area contributed by atoms with Crippen LogP contribution in [0.3, 0.4) is 0 Å². The standard InChI is InChI=1S/C12H15N3.C2H6/c13-10-3-1-2-9(6-10)12(15)7-11(14)8-4-5-8;1-2/h1-3,6-8,15H,4-5,13-14H2;1-2H3/b11-7-,15-12?;. The van der Waals surface area contributed by atoms with E-state index < -0.39 is 0 Å². The molecule has 0 radical (unpaired) electrons. The van der Waals surface area contributed by atoms with Gasteiger partial charge in [0, 0.05) is 16.9 Å². The minimum absolute atomic E-state index is 0.437. The number of nitrogen functional groups attached to an aromatic ring is 1. The number of benzene rings is 1. The van der Waals surface area contributed by atoms with E-state index in [-0.39, 0.29) is 0 Å². The average Bonchev–Trinajstić information content (AvgIpc) is 3.15. The minimum Gasteiger partial charge on any atom is -0.402 e. The first kappa shape index (κ1) is 13.3. The molecule has 17 heavy (non-hydrogen) atoms. The van der Waals surface area contributed by atoms with Crippen molar-refractivity contribution in [3.8, 4) is 0 Å². The molecular weight excluding hydrogens is 210 g/mol. The smallest absolute Gasteiger partial charge is 0.0630 e. The van der Waals surface area contributed by atoms with Gasteiger partial charge in [0.15, 0.2) is 0 Å². The summed E-state index contributed by atoms with van der Waals surface area (Å²) in [6.07, 6.45) is 4.06. The van der Waals surface area contributed by atoms with Gasteiger partial charge in [0.2, 0.25) is 0 Å². The number of hydrogen-bond donors (Lipinski definition) is 3. The molecule has 0 spiro atoms. The highest BCUT2D eigenvalue weighted by atomic mass is 14.6. The van der Waals surface area contributed by atoms with Crippen molar-refractivity contribution in [2.45, 2.75) is 26.7 Å². The fourth-order valence-corrected chi connectivity index (χ4v) is 1.49. The van der Waals surface area contributed by atoms with Crippen LogP contribution in [-0.4, -0.2) is 5.71 Å². The quantitative estimate of drug-likeness (QED) is 0.552. The summed E-state index contributed by atoms with van der Waals surface area (Å²) in [4.78, 5) is 0. The van der Waals surface area contributed by atoms with E-state index in [0.29, 0.717) is 17.3 Å². The van der Waals surface area contributed by atoms with E-state index in [1.807, 2.05) is 32.0 Å². The third-order valence-electron chi connectivity index (χ3n) is 2.56. The molecule has 5 N–H and O–H groups in total. The first-order valence-corrected chi connectivity index (χ1v) is 6.08.